The summed E-state index contributed by atoms with van der Waals surface area (Å²) in [4.78, 5) is 12.3. The summed E-state index contributed by atoms with van der Waals surface area (Å²) in [7, 11) is 0. The van der Waals surface area contributed by atoms with Crippen molar-refractivity contribution in [3.63, 3.8) is 0 Å². The zero-order valence-electron chi connectivity index (χ0n) is 13.0. The second-order valence-corrected chi connectivity index (χ2v) is 5.69. The van der Waals surface area contributed by atoms with Gasteiger partial charge in [-0.1, -0.05) is 42.3 Å². The molecule has 3 nitrogen and oxygen atoms in total. The van der Waals surface area contributed by atoms with E-state index in [1.54, 1.807) is 6.07 Å². The summed E-state index contributed by atoms with van der Waals surface area (Å²) in [5.74, 6) is 0.512. The molecule has 0 unspecified atom stereocenters. The monoisotopic (exact) mass is 317 g/mol. The first kappa shape index (κ1) is 16.4. The summed E-state index contributed by atoms with van der Waals surface area (Å²) >= 11 is 6.07. The van der Waals surface area contributed by atoms with Crippen molar-refractivity contribution in [2.45, 2.75) is 33.3 Å². The predicted octanol–water partition coefficient (Wildman–Crippen LogP) is 4.75. The van der Waals surface area contributed by atoms with Crippen LogP contribution in [0.15, 0.2) is 42.5 Å². The number of rotatable bonds is 5. The number of carbonyl (C=O) groups excluding carboxylic acids is 1. The lowest BCUT2D eigenvalue weighted by Gasteiger charge is -2.17. The Labute approximate surface area is 136 Å². The Balaban J connectivity index is 2.04. The zero-order chi connectivity index (χ0) is 16.1. The molecule has 0 aliphatic carbocycles. The Bertz CT molecular complexity index is 653. The fraction of sp³-hybridized carbons (Fsp3) is 0.278. The molecule has 2 rings (SSSR count). The van der Waals surface area contributed by atoms with E-state index < -0.39 is 6.10 Å². The van der Waals surface area contributed by atoms with Crippen molar-refractivity contribution in [2.24, 2.45) is 0 Å². The fourth-order valence-corrected chi connectivity index (χ4v) is 2.18. The Morgan fingerprint density at radius 2 is 1.86 bits per heavy atom. The third kappa shape index (κ3) is 4.25. The number of aryl methyl sites for hydroxylation is 2. The maximum absolute atomic E-state index is 12.3. The SMILES string of the molecule is CC[C@H](Oc1ccc(C)cc1)C(=O)Nc1ccc(C)c(Cl)c1. The van der Waals surface area contributed by atoms with Gasteiger partial charge in [-0.2, -0.15) is 0 Å². The maximum Gasteiger partial charge on any atom is 0.265 e. The van der Waals surface area contributed by atoms with Crippen molar-refractivity contribution in [3.8, 4) is 5.75 Å². The maximum atomic E-state index is 12.3. The molecule has 2 aromatic rings. The molecule has 116 valence electrons. The van der Waals surface area contributed by atoms with Crippen molar-refractivity contribution < 1.29 is 9.53 Å². The van der Waals surface area contributed by atoms with Gasteiger partial charge in [0.1, 0.15) is 5.75 Å². The molecule has 0 fully saturated rings. The molecule has 0 aromatic heterocycles. The predicted molar refractivity (Wildman–Crippen MR) is 90.7 cm³/mol. The molecule has 2 aromatic carbocycles. The van der Waals surface area contributed by atoms with Gasteiger partial charge in [0, 0.05) is 10.7 Å². The average molecular weight is 318 g/mol. The minimum atomic E-state index is -0.539. The van der Waals surface area contributed by atoms with Crippen LogP contribution in [0.25, 0.3) is 0 Å². The summed E-state index contributed by atoms with van der Waals surface area (Å²) in [6.45, 7) is 5.85. The molecule has 4 heteroatoms. The molecule has 0 heterocycles. The fourth-order valence-electron chi connectivity index (χ4n) is 2.00. The number of nitrogens with one attached hydrogen (secondary N) is 1. The first-order valence-corrected chi connectivity index (χ1v) is 7.67. The summed E-state index contributed by atoms with van der Waals surface area (Å²) in [5.41, 5.74) is 2.80. The van der Waals surface area contributed by atoms with Gasteiger partial charge < -0.3 is 10.1 Å². The summed E-state index contributed by atoms with van der Waals surface area (Å²) < 4.78 is 5.76. The van der Waals surface area contributed by atoms with Gasteiger partial charge in [0.2, 0.25) is 0 Å². The lowest BCUT2D eigenvalue weighted by Crippen LogP contribution is -2.32. The highest BCUT2D eigenvalue weighted by Crippen LogP contribution is 2.21. The van der Waals surface area contributed by atoms with E-state index in [2.05, 4.69) is 5.32 Å². The van der Waals surface area contributed by atoms with Gasteiger partial charge in [-0.25, -0.2) is 0 Å². The smallest absolute Gasteiger partial charge is 0.265 e. The minimum Gasteiger partial charge on any atom is -0.481 e. The van der Waals surface area contributed by atoms with E-state index in [-0.39, 0.29) is 5.91 Å². The van der Waals surface area contributed by atoms with Crippen LogP contribution in [0.5, 0.6) is 5.75 Å². The molecule has 0 aliphatic rings. The number of benzene rings is 2. The van der Waals surface area contributed by atoms with Crippen molar-refractivity contribution in [2.75, 3.05) is 5.32 Å². The number of anilines is 1. The molecule has 0 saturated heterocycles. The molecule has 0 saturated carbocycles. The molecule has 0 spiro atoms. The number of hydrogen-bond acceptors (Lipinski definition) is 2. The normalized spacial score (nSPS) is 11.8. The van der Waals surface area contributed by atoms with Crippen LogP contribution in [-0.2, 0) is 4.79 Å². The minimum absolute atomic E-state index is 0.178. The highest BCUT2D eigenvalue weighted by Gasteiger charge is 2.18. The van der Waals surface area contributed by atoms with Gasteiger partial charge in [-0.05, 0) is 50.1 Å². The van der Waals surface area contributed by atoms with Crippen molar-refractivity contribution in [1.29, 1.82) is 0 Å². The second-order valence-electron chi connectivity index (χ2n) is 5.28. The van der Waals surface area contributed by atoms with Gasteiger partial charge in [0.15, 0.2) is 6.10 Å². The highest BCUT2D eigenvalue weighted by molar-refractivity contribution is 6.31. The van der Waals surface area contributed by atoms with Crippen LogP contribution < -0.4 is 10.1 Å². The van der Waals surface area contributed by atoms with Crippen LogP contribution in [0.2, 0.25) is 5.02 Å². The van der Waals surface area contributed by atoms with Gasteiger partial charge in [-0.3, -0.25) is 4.79 Å². The summed E-state index contributed by atoms with van der Waals surface area (Å²) in [5, 5.41) is 3.47. The van der Waals surface area contributed by atoms with Crippen LogP contribution in [0, 0.1) is 13.8 Å². The van der Waals surface area contributed by atoms with E-state index in [0.29, 0.717) is 22.9 Å². The highest BCUT2D eigenvalue weighted by atomic mass is 35.5. The van der Waals surface area contributed by atoms with Crippen molar-refractivity contribution >= 4 is 23.2 Å². The molecular formula is C18H20ClNO2. The third-order valence-electron chi connectivity index (χ3n) is 3.40. The topological polar surface area (TPSA) is 38.3 Å². The van der Waals surface area contributed by atoms with E-state index in [4.69, 9.17) is 16.3 Å². The standard InChI is InChI=1S/C18H20ClNO2/c1-4-17(22-15-9-5-12(2)6-10-15)18(21)20-14-8-7-13(3)16(19)11-14/h5-11,17H,4H2,1-3H3,(H,20,21)/t17-/m0/s1. The van der Waals surface area contributed by atoms with Crippen molar-refractivity contribution in [1.82, 2.24) is 0 Å². The van der Waals surface area contributed by atoms with E-state index in [9.17, 15) is 4.79 Å². The van der Waals surface area contributed by atoms with E-state index >= 15 is 0 Å². The Hall–Kier alpha value is -2.00. The quantitative estimate of drug-likeness (QED) is 0.864. The summed E-state index contributed by atoms with van der Waals surface area (Å²) in [6, 6.07) is 13.1. The van der Waals surface area contributed by atoms with E-state index in [1.807, 2.05) is 57.2 Å². The van der Waals surface area contributed by atoms with E-state index in [0.717, 1.165) is 11.1 Å². The van der Waals surface area contributed by atoms with E-state index in [1.165, 1.54) is 0 Å². The van der Waals surface area contributed by atoms with Gasteiger partial charge in [0.05, 0.1) is 0 Å². The van der Waals surface area contributed by atoms with Crippen LogP contribution in [-0.4, -0.2) is 12.0 Å². The van der Waals surface area contributed by atoms with Crippen LogP contribution in [0.1, 0.15) is 24.5 Å². The molecule has 0 bridgehead atoms. The molecule has 1 atom stereocenters. The van der Waals surface area contributed by atoms with Gasteiger partial charge in [-0.15, -0.1) is 0 Å². The second kappa shape index (κ2) is 7.32. The Kier molecular flexibility index (Phi) is 5.45. The Morgan fingerprint density at radius 3 is 2.45 bits per heavy atom. The number of amides is 1. The average Bonchev–Trinajstić information content (AvgIpc) is 2.50. The lowest BCUT2D eigenvalue weighted by molar-refractivity contribution is -0.122. The first-order chi connectivity index (χ1) is 10.5. The number of ether oxygens (including phenoxy) is 1. The van der Waals surface area contributed by atoms with Crippen LogP contribution >= 0.6 is 11.6 Å². The zero-order valence-corrected chi connectivity index (χ0v) is 13.8. The number of halogens is 1. The molecule has 22 heavy (non-hydrogen) atoms. The van der Waals surface area contributed by atoms with Crippen LogP contribution in [0.4, 0.5) is 5.69 Å². The molecule has 1 N–H and O–H groups in total. The van der Waals surface area contributed by atoms with Gasteiger partial charge in [0.25, 0.3) is 5.91 Å². The van der Waals surface area contributed by atoms with Crippen LogP contribution in [0.3, 0.4) is 0 Å². The van der Waals surface area contributed by atoms with Crippen molar-refractivity contribution in [3.05, 3.63) is 58.6 Å². The number of carbonyl (C=O) groups is 1. The largest absolute Gasteiger partial charge is 0.481 e. The summed E-state index contributed by atoms with van der Waals surface area (Å²) in [6.07, 6.45) is 0.0436. The van der Waals surface area contributed by atoms with Gasteiger partial charge >= 0.3 is 0 Å². The lowest BCUT2D eigenvalue weighted by atomic mass is 10.2. The Morgan fingerprint density at radius 1 is 1.18 bits per heavy atom. The molecule has 1 amide bonds. The number of hydrogen-bond donors (Lipinski definition) is 1. The first-order valence-electron chi connectivity index (χ1n) is 7.30. The molecular weight excluding hydrogens is 298 g/mol. The third-order valence-corrected chi connectivity index (χ3v) is 3.81. The molecule has 0 aliphatic heterocycles. The molecule has 0 radical (unpaired) electrons.